The molecule has 5 heteroatoms. The van der Waals surface area contributed by atoms with Crippen molar-refractivity contribution in [2.45, 2.75) is 6.54 Å². The van der Waals surface area contributed by atoms with Crippen LogP contribution in [0, 0.1) is 0 Å². The molecule has 2 heterocycles. The van der Waals surface area contributed by atoms with Gasteiger partial charge in [0.25, 0.3) is 0 Å². The van der Waals surface area contributed by atoms with Crippen molar-refractivity contribution in [1.29, 1.82) is 0 Å². The number of carbonyl (C=O) groups is 1. The Bertz CT molecular complexity index is 298. The van der Waals surface area contributed by atoms with Gasteiger partial charge in [-0.15, -0.1) is 0 Å². The Hall–Kier alpha value is -1.65. The first-order valence-electron chi connectivity index (χ1n) is 3.22. The molecule has 0 aliphatic carbocycles. The summed E-state index contributed by atoms with van der Waals surface area (Å²) < 4.78 is 0. The molecule has 2 amide bonds. The van der Waals surface area contributed by atoms with Crippen molar-refractivity contribution in [3.63, 3.8) is 0 Å². The average molecular weight is 150 g/mol. The van der Waals surface area contributed by atoms with E-state index in [0.717, 1.165) is 11.4 Å². The molecular formula is C6H6N4O. The summed E-state index contributed by atoms with van der Waals surface area (Å²) in [5.74, 6) is 0. The molecule has 0 atom stereocenters. The Labute approximate surface area is 62.8 Å². The molecule has 0 saturated carbocycles. The predicted octanol–water partition coefficient (Wildman–Crippen LogP) is 0.112. The van der Waals surface area contributed by atoms with Crippen LogP contribution in [-0.4, -0.2) is 16.2 Å². The summed E-state index contributed by atoms with van der Waals surface area (Å²) in [6.45, 7) is 0.453. The van der Waals surface area contributed by atoms with Crippen molar-refractivity contribution < 1.29 is 4.79 Å². The van der Waals surface area contributed by atoms with E-state index in [1.165, 1.54) is 0 Å². The van der Waals surface area contributed by atoms with Crippen LogP contribution in [0.5, 0.6) is 0 Å². The fourth-order valence-corrected chi connectivity index (χ4v) is 0.936. The second kappa shape index (κ2) is 2.19. The third kappa shape index (κ3) is 1.000. The van der Waals surface area contributed by atoms with Crippen LogP contribution in [0.25, 0.3) is 0 Å². The normalized spacial score (nSPS) is 14.7. The molecule has 11 heavy (non-hydrogen) atoms. The number of rotatable bonds is 0. The Balaban J connectivity index is 2.41. The number of hydrogen-bond donors (Lipinski definition) is 2. The Morgan fingerprint density at radius 1 is 1.55 bits per heavy atom. The highest BCUT2D eigenvalue weighted by Crippen LogP contribution is 2.13. The lowest BCUT2D eigenvalue weighted by atomic mass is 10.3. The molecule has 1 aromatic rings. The third-order valence-electron chi connectivity index (χ3n) is 1.46. The highest BCUT2D eigenvalue weighted by Gasteiger charge is 2.13. The maximum absolute atomic E-state index is 10.8. The molecule has 0 unspecified atom stereocenters. The van der Waals surface area contributed by atoms with Crippen LogP contribution < -0.4 is 10.6 Å². The summed E-state index contributed by atoms with van der Waals surface area (Å²) in [5.41, 5.74) is 1.51. The molecule has 0 aromatic carbocycles. The van der Waals surface area contributed by atoms with Gasteiger partial charge in [-0.2, -0.15) is 10.2 Å². The van der Waals surface area contributed by atoms with Gasteiger partial charge in [0, 0.05) is 0 Å². The van der Waals surface area contributed by atoms with E-state index in [4.69, 9.17) is 0 Å². The number of aromatic nitrogens is 2. The first-order valence-corrected chi connectivity index (χ1v) is 3.22. The van der Waals surface area contributed by atoms with Crippen LogP contribution in [0.1, 0.15) is 5.69 Å². The maximum Gasteiger partial charge on any atom is 0.319 e. The van der Waals surface area contributed by atoms with E-state index in [1.807, 2.05) is 0 Å². The molecule has 2 rings (SSSR count). The van der Waals surface area contributed by atoms with Crippen LogP contribution in [0.15, 0.2) is 12.3 Å². The molecule has 1 aromatic heterocycles. The van der Waals surface area contributed by atoms with Crippen LogP contribution in [-0.2, 0) is 6.54 Å². The minimum atomic E-state index is -0.189. The summed E-state index contributed by atoms with van der Waals surface area (Å²) in [7, 11) is 0. The van der Waals surface area contributed by atoms with E-state index >= 15 is 0 Å². The third-order valence-corrected chi connectivity index (χ3v) is 1.46. The lowest BCUT2D eigenvalue weighted by Crippen LogP contribution is -2.34. The average Bonchev–Trinajstić information content (AvgIpc) is 2.04. The summed E-state index contributed by atoms with van der Waals surface area (Å²) in [5, 5.41) is 12.7. The fourth-order valence-electron chi connectivity index (χ4n) is 0.936. The van der Waals surface area contributed by atoms with Gasteiger partial charge in [-0.05, 0) is 6.07 Å². The van der Waals surface area contributed by atoms with Crippen LogP contribution in [0.4, 0.5) is 10.5 Å². The molecule has 0 radical (unpaired) electrons. The molecule has 0 bridgehead atoms. The standard InChI is InChI=1S/C6H6N4O/c11-6-7-3-5-4(9-6)1-2-8-10-5/h1-2H,3H2,(H2,7,9,11). The lowest BCUT2D eigenvalue weighted by molar-refractivity contribution is 0.250. The molecule has 1 aliphatic heterocycles. The minimum absolute atomic E-state index is 0.189. The van der Waals surface area contributed by atoms with E-state index in [1.54, 1.807) is 12.3 Å². The van der Waals surface area contributed by atoms with Gasteiger partial charge in [-0.1, -0.05) is 0 Å². The van der Waals surface area contributed by atoms with Crippen molar-refractivity contribution in [2.75, 3.05) is 5.32 Å². The fraction of sp³-hybridized carbons (Fsp3) is 0.167. The number of urea groups is 1. The number of carbonyl (C=O) groups excluding carboxylic acids is 1. The summed E-state index contributed by atoms with van der Waals surface area (Å²) >= 11 is 0. The van der Waals surface area contributed by atoms with Crippen molar-refractivity contribution >= 4 is 11.7 Å². The zero-order chi connectivity index (χ0) is 7.68. The van der Waals surface area contributed by atoms with E-state index in [-0.39, 0.29) is 6.03 Å². The first kappa shape index (κ1) is 6.09. The van der Waals surface area contributed by atoms with Gasteiger partial charge < -0.3 is 10.6 Å². The Kier molecular flexibility index (Phi) is 1.21. The second-order valence-electron chi connectivity index (χ2n) is 2.20. The Morgan fingerprint density at radius 2 is 2.45 bits per heavy atom. The number of nitrogens with zero attached hydrogens (tertiary/aromatic N) is 2. The van der Waals surface area contributed by atoms with Crippen LogP contribution in [0.2, 0.25) is 0 Å². The van der Waals surface area contributed by atoms with Crippen molar-refractivity contribution in [3.8, 4) is 0 Å². The van der Waals surface area contributed by atoms with Gasteiger partial charge in [0.2, 0.25) is 0 Å². The lowest BCUT2D eigenvalue weighted by Gasteiger charge is -2.15. The number of fused-ring (bicyclic) bond motifs is 1. The van der Waals surface area contributed by atoms with Crippen molar-refractivity contribution in [1.82, 2.24) is 15.5 Å². The van der Waals surface area contributed by atoms with Gasteiger partial charge in [-0.3, -0.25) is 0 Å². The molecule has 5 nitrogen and oxygen atoms in total. The van der Waals surface area contributed by atoms with Crippen LogP contribution in [0.3, 0.4) is 0 Å². The quantitative estimate of drug-likeness (QED) is 0.551. The van der Waals surface area contributed by atoms with E-state index in [2.05, 4.69) is 20.8 Å². The molecule has 56 valence electrons. The van der Waals surface area contributed by atoms with Gasteiger partial charge in [-0.25, -0.2) is 4.79 Å². The zero-order valence-electron chi connectivity index (χ0n) is 5.66. The van der Waals surface area contributed by atoms with E-state index in [0.29, 0.717) is 6.54 Å². The predicted molar refractivity (Wildman–Crippen MR) is 37.9 cm³/mol. The molecule has 0 saturated heterocycles. The maximum atomic E-state index is 10.8. The molecule has 1 aliphatic rings. The number of nitrogens with one attached hydrogen (secondary N) is 2. The molecular weight excluding hydrogens is 144 g/mol. The second-order valence-corrected chi connectivity index (χ2v) is 2.20. The highest BCUT2D eigenvalue weighted by atomic mass is 16.2. The molecule has 0 spiro atoms. The summed E-state index contributed by atoms with van der Waals surface area (Å²) in [6, 6.07) is 1.53. The van der Waals surface area contributed by atoms with E-state index in [9.17, 15) is 4.79 Å². The number of amides is 2. The molecule has 2 N–H and O–H groups in total. The SMILES string of the molecule is O=C1NCc2nnccc2N1. The van der Waals surface area contributed by atoms with Gasteiger partial charge in [0.1, 0.15) is 5.69 Å². The highest BCUT2D eigenvalue weighted by molar-refractivity contribution is 5.91. The largest absolute Gasteiger partial charge is 0.332 e. The first-order chi connectivity index (χ1) is 5.36. The molecule has 0 fully saturated rings. The number of hydrogen-bond acceptors (Lipinski definition) is 3. The van der Waals surface area contributed by atoms with Crippen molar-refractivity contribution in [3.05, 3.63) is 18.0 Å². The van der Waals surface area contributed by atoms with Crippen LogP contribution >= 0.6 is 0 Å². The van der Waals surface area contributed by atoms with E-state index < -0.39 is 0 Å². The smallest absolute Gasteiger partial charge is 0.319 e. The summed E-state index contributed by atoms with van der Waals surface area (Å²) in [4.78, 5) is 10.8. The number of anilines is 1. The van der Waals surface area contributed by atoms with Gasteiger partial charge >= 0.3 is 6.03 Å². The topological polar surface area (TPSA) is 66.9 Å². The zero-order valence-corrected chi connectivity index (χ0v) is 5.66. The van der Waals surface area contributed by atoms with Gasteiger partial charge in [0.05, 0.1) is 18.4 Å². The Morgan fingerprint density at radius 3 is 3.36 bits per heavy atom. The minimum Gasteiger partial charge on any atom is -0.332 e. The monoisotopic (exact) mass is 150 g/mol. The summed E-state index contributed by atoms with van der Waals surface area (Å²) in [6.07, 6.45) is 1.55. The van der Waals surface area contributed by atoms with Crippen molar-refractivity contribution in [2.24, 2.45) is 0 Å². The van der Waals surface area contributed by atoms with Gasteiger partial charge in [0.15, 0.2) is 0 Å².